The van der Waals surface area contributed by atoms with E-state index in [1.54, 1.807) is 0 Å². The van der Waals surface area contributed by atoms with E-state index in [1.807, 2.05) is 13.8 Å². The van der Waals surface area contributed by atoms with Gasteiger partial charge in [-0.2, -0.15) is 0 Å². The van der Waals surface area contributed by atoms with Gasteiger partial charge in [-0.25, -0.2) is 0 Å². The van der Waals surface area contributed by atoms with Gasteiger partial charge in [0.05, 0.1) is 0 Å². The van der Waals surface area contributed by atoms with Gasteiger partial charge >= 0.3 is 11.9 Å². The number of hydrogen-bond acceptors (Lipinski definition) is 4. The van der Waals surface area contributed by atoms with Crippen LogP contribution in [0, 0.1) is 0 Å². The van der Waals surface area contributed by atoms with Crippen LogP contribution in [-0.2, 0) is 19.2 Å². The first-order valence-corrected chi connectivity index (χ1v) is 9.30. The Morgan fingerprint density at radius 3 is 1.27 bits per heavy atom. The van der Waals surface area contributed by atoms with Crippen LogP contribution < -0.4 is 0 Å². The molecule has 8 heteroatoms. The number of rotatable bonds is 15. The first-order valence-electron chi connectivity index (χ1n) is 9.30. The molecule has 0 aliphatic heterocycles. The van der Waals surface area contributed by atoms with Gasteiger partial charge in [0.2, 0.25) is 11.8 Å². The van der Waals surface area contributed by atoms with E-state index in [-0.39, 0.29) is 37.7 Å². The van der Waals surface area contributed by atoms with Crippen molar-refractivity contribution in [1.29, 1.82) is 0 Å². The second-order valence-corrected chi connectivity index (χ2v) is 6.33. The van der Waals surface area contributed by atoms with E-state index in [2.05, 4.69) is 0 Å². The molecule has 0 aromatic heterocycles. The topological polar surface area (TPSA) is 115 Å². The minimum absolute atomic E-state index is 0.0179. The smallest absolute Gasteiger partial charge is 0.323 e. The predicted molar refractivity (Wildman–Crippen MR) is 96.7 cm³/mol. The van der Waals surface area contributed by atoms with Crippen molar-refractivity contribution in [3.8, 4) is 0 Å². The monoisotopic (exact) mass is 372 g/mol. The van der Waals surface area contributed by atoms with Gasteiger partial charge in [0, 0.05) is 25.9 Å². The highest BCUT2D eigenvalue weighted by Crippen LogP contribution is 2.06. The zero-order valence-corrected chi connectivity index (χ0v) is 15.9. The van der Waals surface area contributed by atoms with Gasteiger partial charge in [-0.1, -0.05) is 39.5 Å². The summed E-state index contributed by atoms with van der Waals surface area (Å²) < 4.78 is 0. The maximum Gasteiger partial charge on any atom is 0.323 e. The van der Waals surface area contributed by atoms with E-state index in [9.17, 15) is 19.2 Å². The normalized spacial score (nSPS) is 10.4. The van der Waals surface area contributed by atoms with Crippen molar-refractivity contribution in [2.45, 2.75) is 65.2 Å². The zero-order valence-electron chi connectivity index (χ0n) is 15.9. The third-order valence-corrected chi connectivity index (χ3v) is 3.99. The molecular formula is C18H32N2O6. The average Bonchev–Trinajstić information content (AvgIpc) is 2.56. The number of hydrogen-bond donors (Lipinski definition) is 2. The van der Waals surface area contributed by atoms with Gasteiger partial charge in [0.15, 0.2) is 0 Å². The van der Waals surface area contributed by atoms with E-state index in [1.165, 1.54) is 9.80 Å². The fraction of sp³-hybridized carbons (Fsp3) is 0.778. The largest absolute Gasteiger partial charge is 0.480 e. The van der Waals surface area contributed by atoms with Gasteiger partial charge < -0.3 is 20.0 Å². The maximum absolute atomic E-state index is 12.2. The van der Waals surface area contributed by atoms with E-state index >= 15 is 0 Å². The number of nitrogens with zero attached hydrogens (tertiary/aromatic N) is 2. The van der Waals surface area contributed by atoms with Crippen molar-refractivity contribution < 1.29 is 29.4 Å². The number of carboxylic acid groups (broad SMARTS) is 2. The Hall–Kier alpha value is -2.12. The molecule has 150 valence electrons. The van der Waals surface area contributed by atoms with Crippen LogP contribution in [0.3, 0.4) is 0 Å². The zero-order chi connectivity index (χ0) is 19.9. The van der Waals surface area contributed by atoms with Crippen LogP contribution >= 0.6 is 0 Å². The molecule has 0 atom stereocenters. The molecule has 0 heterocycles. The summed E-state index contributed by atoms with van der Waals surface area (Å²) in [6, 6.07) is 0. The van der Waals surface area contributed by atoms with Gasteiger partial charge in [-0.05, 0) is 12.8 Å². The van der Waals surface area contributed by atoms with Crippen LogP contribution in [0.15, 0.2) is 0 Å². The lowest BCUT2D eigenvalue weighted by atomic mass is 10.2. The number of unbranched alkanes of at least 4 members (excludes halogenated alkanes) is 4. The van der Waals surface area contributed by atoms with Crippen molar-refractivity contribution in [3.63, 3.8) is 0 Å². The fourth-order valence-corrected chi connectivity index (χ4v) is 2.52. The first kappa shape index (κ1) is 23.9. The van der Waals surface area contributed by atoms with E-state index in [0.29, 0.717) is 12.8 Å². The molecule has 0 bridgehead atoms. The van der Waals surface area contributed by atoms with Gasteiger partial charge in [-0.15, -0.1) is 0 Å². The minimum atomic E-state index is -1.13. The molecule has 0 aliphatic carbocycles. The molecule has 0 saturated heterocycles. The highest BCUT2D eigenvalue weighted by molar-refractivity contribution is 5.82. The van der Waals surface area contributed by atoms with Crippen molar-refractivity contribution in [2.75, 3.05) is 26.2 Å². The molecule has 26 heavy (non-hydrogen) atoms. The standard InChI is InChI=1S/C18H32N2O6/c1-3-5-7-9-15(21)19(13-17(23)24)11-12-20(14-18(25)26)16(22)10-8-6-4-2/h3-14H2,1-2H3,(H,23,24)(H,25,26). The second-order valence-electron chi connectivity index (χ2n) is 6.33. The van der Waals surface area contributed by atoms with E-state index in [0.717, 1.165) is 25.7 Å². The summed E-state index contributed by atoms with van der Waals surface area (Å²) in [6.07, 6.45) is 5.53. The molecule has 2 amide bonds. The molecule has 8 nitrogen and oxygen atoms in total. The van der Waals surface area contributed by atoms with Crippen LogP contribution in [-0.4, -0.2) is 69.9 Å². The van der Waals surface area contributed by atoms with Crippen molar-refractivity contribution >= 4 is 23.8 Å². The van der Waals surface area contributed by atoms with Crippen LogP contribution in [0.1, 0.15) is 65.2 Å². The number of carbonyl (C=O) groups is 4. The van der Waals surface area contributed by atoms with Crippen LogP contribution in [0.5, 0.6) is 0 Å². The molecule has 0 radical (unpaired) electrons. The molecule has 2 N–H and O–H groups in total. The Balaban J connectivity index is 4.79. The summed E-state index contributed by atoms with van der Waals surface area (Å²) in [5.41, 5.74) is 0. The number of carboxylic acids is 2. The second kappa shape index (κ2) is 14.1. The van der Waals surface area contributed by atoms with Gasteiger partial charge in [0.1, 0.15) is 13.1 Å². The predicted octanol–water partition coefficient (Wildman–Crippen LogP) is 1.97. The third-order valence-electron chi connectivity index (χ3n) is 3.99. The van der Waals surface area contributed by atoms with Crippen molar-refractivity contribution in [3.05, 3.63) is 0 Å². The molecular weight excluding hydrogens is 340 g/mol. The van der Waals surface area contributed by atoms with Crippen molar-refractivity contribution in [2.24, 2.45) is 0 Å². The summed E-state index contributed by atoms with van der Waals surface area (Å²) in [7, 11) is 0. The Labute approximate surface area is 155 Å². The van der Waals surface area contributed by atoms with Crippen LogP contribution in [0.25, 0.3) is 0 Å². The van der Waals surface area contributed by atoms with Crippen molar-refractivity contribution in [1.82, 2.24) is 9.80 Å². The lowest BCUT2D eigenvalue weighted by molar-refractivity contribution is -0.147. The number of aliphatic carboxylic acids is 2. The summed E-state index contributed by atoms with van der Waals surface area (Å²) in [5, 5.41) is 18.0. The molecule has 0 aromatic rings. The molecule has 0 spiro atoms. The summed E-state index contributed by atoms with van der Waals surface area (Å²) in [6.45, 7) is 3.15. The summed E-state index contributed by atoms with van der Waals surface area (Å²) >= 11 is 0. The quantitative estimate of drug-likeness (QED) is 0.425. The van der Waals surface area contributed by atoms with Crippen LogP contribution in [0.2, 0.25) is 0 Å². The van der Waals surface area contributed by atoms with E-state index in [4.69, 9.17) is 10.2 Å². The Kier molecular flexibility index (Phi) is 12.9. The SMILES string of the molecule is CCCCCC(=O)N(CCN(CC(=O)O)C(=O)CCCCC)CC(=O)O. The van der Waals surface area contributed by atoms with Gasteiger partial charge in [-0.3, -0.25) is 19.2 Å². The van der Waals surface area contributed by atoms with E-state index < -0.39 is 25.0 Å². The average molecular weight is 372 g/mol. The first-order chi connectivity index (χ1) is 12.3. The lowest BCUT2D eigenvalue weighted by Crippen LogP contribution is -2.44. The van der Waals surface area contributed by atoms with Gasteiger partial charge in [0.25, 0.3) is 0 Å². The third kappa shape index (κ3) is 11.4. The lowest BCUT2D eigenvalue weighted by Gasteiger charge is -2.26. The minimum Gasteiger partial charge on any atom is -0.480 e. The maximum atomic E-state index is 12.2. The highest BCUT2D eigenvalue weighted by Gasteiger charge is 2.21. The summed E-state index contributed by atoms with van der Waals surface area (Å²) in [4.78, 5) is 48.8. The molecule has 0 rings (SSSR count). The van der Waals surface area contributed by atoms with Crippen LogP contribution in [0.4, 0.5) is 0 Å². The molecule has 0 aliphatic rings. The summed E-state index contributed by atoms with van der Waals surface area (Å²) in [5.74, 6) is -2.83. The highest BCUT2D eigenvalue weighted by atomic mass is 16.4. The Morgan fingerprint density at radius 2 is 1.00 bits per heavy atom. The Morgan fingerprint density at radius 1 is 0.654 bits per heavy atom. The molecule has 0 unspecified atom stereocenters. The molecule has 0 aromatic carbocycles. The molecule has 0 saturated carbocycles. The fourth-order valence-electron chi connectivity index (χ4n) is 2.52. The number of amides is 2. The Bertz CT molecular complexity index is 425. The number of carbonyl (C=O) groups excluding carboxylic acids is 2. The molecule has 0 fully saturated rings.